The summed E-state index contributed by atoms with van der Waals surface area (Å²) in [6, 6.07) is 0.577. The Morgan fingerprint density at radius 1 is 1.40 bits per heavy atom. The molecule has 0 aromatic carbocycles. The fourth-order valence-corrected chi connectivity index (χ4v) is 0.608. The van der Waals surface area contributed by atoms with Gasteiger partial charge >= 0.3 is 0 Å². The SMILES string of the molecule is C#CCCNC(C)C(C)C. The van der Waals surface area contributed by atoms with E-state index in [2.05, 4.69) is 32.0 Å². The van der Waals surface area contributed by atoms with Crippen LogP contribution >= 0.6 is 0 Å². The molecule has 0 heterocycles. The maximum absolute atomic E-state index is 5.10. The lowest BCUT2D eigenvalue weighted by molar-refractivity contribution is 0.432. The van der Waals surface area contributed by atoms with E-state index in [1.165, 1.54) is 0 Å². The molecule has 0 rings (SSSR count). The average molecular weight is 139 g/mol. The van der Waals surface area contributed by atoms with Gasteiger partial charge in [-0.25, -0.2) is 0 Å². The first-order valence-corrected chi connectivity index (χ1v) is 3.85. The Balaban J connectivity index is 3.23. The third-order valence-corrected chi connectivity index (χ3v) is 1.74. The van der Waals surface area contributed by atoms with E-state index in [4.69, 9.17) is 6.42 Å². The molecule has 1 atom stereocenters. The summed E-state index contributed by atoms with van der Waals surface area (Å²) in [7, 11) is 0. The molecule has 0 amide bonds. The molecule has 0 aliphatic carbocycles. The van der Waals surface area contributed by atoms with Crippen molar-refractivity contribution in [2.45, 2.75) is 33.2 Å². The van der Waals surface area contributed by atoms with E-state index in [-0.39, 0.29) is 0 Å². The van der Waals surface area contributed by atoms with E-state index >= 15 is 0 Å². The smallest absolute Gasteiger partial charge is 0.0211 e. The molecule has 0 fully saturated rings. The van der Waals surface area contributed by atoms with Crippen LogP contribution in [0, 0.1) is 18.3 Å². The summed E-state index contributed by atoms with van der Waals surface area (Å²) in [5.41, 5.74) is 0. The summed E-state index contributed by atoms with van der Waals surface area (Å²) in [5, 5.41) is 3.34. The minimum atomic E-state index is 0.577. The van der Waals surface area contributed by atoms with Crippen LogP contribution in [0.5, 0.6) is 0 Å². The van der Waals surface area contributed by atoms with Crippen molar-refractivity contribution in [2.24, 2.45) is 5.92 Å². The van der Waals surface area contributed by atoms with Gasteiger partial charge in [-0.05, 0) is 12.8 Å². The minimum Gasteiger partial charge on any atom is -0.313 e. The predicted molar refractivity (Wildman–Crippen MR) is 45.8 cm³/mol. The van der Waals surface area contributed by atoms with Crippen LogP contribution in [0.15, 0.2) is 0 Å². The Morgan fingerprint density at radius 2 is 2.00 bits per heavy atom. The highest BCUT2D eigenvalue weighted by molar-refractivity contribution is 4.84. The van der Waals surface area contributed by atoms with Gasteiger partial charge in [0.15, 0.2) is 0 Å². The van der Waals surface area contributed by atoms with Gasteiger partial charge in [-0.1, -0.05) is 13.8 Å². The predicted octanol–water partition coefficient (Wildman–Crippen LogP) is 1.64. The van der Waals surface area contributed by atoms with Crippen molar-refractivity contribution in [1.29, 1.82) is 0 Å². The molecule has 0 aliphatic heterocycles. The highest BCUT2D eigenvalue weighted by Crippen LogP contribution is 1.98. The molecular formula is C9H17N. The molecule has 0 spiro atoms. The van der Waals surface area contributed by atoms with Crippen LogP contribution in [-0.4, -0.2) is 12.6 Å². The number of terminal acetylenes is 1. The number of hydrogen-bond acceptors (Lipinski definition) is 1. The zero-order chi connectivity index (χ0) is 7.98. The molecule has 1 heteroatoms. The largest absolute Gasteiger partial charge is 0.313 e. The lowest BCUT2D eigenvalue weighted by atomic mass is 10.1. The van der Waals surface area contributed by atoms with E-state index < -0.39 is 0 Å². The van der Waals surface area contributed by atoms with Gasteiger partial charge in [-0.3, -0.25) is 0 Å². The number of nitrogens with one attached hydrogen (secondary N) is 1. The van der Waals surface area contributed by atoms with Gasteiger partial charge in [0, 0.05) is 19.0 Å². The van der Waals surface area contributed by atoms with Crippen molar-refractivity contribution >= 4 is 0 Å². The summed E-state index contributed by atoms with van der Waals surface area (Å²) in [6.45, 7) is 7.53. The normalized spacial score (nSPS) is 13.1. The van der Waals surface area contributed by atoms with E-state index in [0.717, 1.165) is 13.0 Å². The van der Waals surface area contributed by atoms with Crippen LogP contribution in [0.2, 0.25) is 0 Å². The van der Waals surface area contributed by atoms with Crippen molar-refractivity contribution in [3.8, 4) is 12.3 Å². The van der Waals surface area contributed by atoms with Crippen molar-refractivity contribution < 1.29 is 0 Å². The molecule has 1 nitrogen and oxygen atoms in total. The quantitative estimate of drug-likeness (QED) is 0.461. The summed E-state index contributed by atoms with van der Waals surface area (Å²) < 4.78 is 0. The van der Waals surface area contributed by atoms with Gasteiger partial charge in [0.2, 0.25) is 0 Å². The average Bonchev–Trinajstić information content (AvgIpc) is 1.88. The lowest BCUT2D eigenvalue weighted by Gasteiger charge is -2.16. The summed E-state index contributed by atoms with van der Waals surface area (Å²) >= 11 is 0. The molecule has 0 aliphatic rings. The molecule has 10 heavy (non-hydrogen) atoms. The molecule has 0 saturated carbocycles. The second-order valence-electron chi connectivity index (χ2n) is 2.94. The van der Waals surface area contributed by atoms with E-state index in [9.17, 15) is 0 Å². The van der Waals surface area contributed by atoms with Gasteiger partial charge in [0.1, 0.15) is 0 Å². The molecule has 1 unspecified atom stereocenters. The Morgan fingerprint density at radius 3 is 2.40 bits per heavy atom. The maximum Gasteiger partial charge on any atom is 0.0211 e. The lowest BCUT2D eigenvalue weighted by Crippen LogP contribution is -2.31. The molecule has 1 N–H and O–H groups in total. The molecule has 0 radical (unpaired) electrons. The Bertz CT molecular complexity index is 110. The Hall–Kier alpha value is -0.480. The summed E-state index contributed by atoms with van der Waals surface area (Å²) in [4.78, 5) is 0. The van der Waals surface area contributed by atoms with Crippen LogP contribution in [0.3, 0.4) is 0 Å². The Kier molecular flexibility index (Phi) is 5.06. The zero-order valence-electron chi connectivity index (χ0n) is 7.15. The third-order valence-electron chi connectivity index (χ3n) is 1.74. The first-order valence-electron chi connectivity index (χ1n) is 3.85. The third kappa shape index (κ3) is 4.40. The van der Waals surface area contributed by atoms with E-state index in [1.54, 1.807) is 0 Å². The second-order valence-corrected chi connectivity index (χ2v) is 2.94. The zero-order valence-corrected chi connectivity index (χ0v) is 7.15. The number of hydrogen-bond donors (Lipinski definition) is 1. The van der Waals surface area contributed by atoms with E-state index in [0.29, 0.717) is 12.0 Å². The molecule has 0 saturated heterocycles. The second kappa shape index (κ2) is 5.32. The molecule has 0 aromatic rings. The Labute approximate surface area is 64.2 Å². The van der Waals surface area contributed by atoms with Crippen molar-refractivity contribution in [3.63, 3.8) is 0 Å². The standard InChI is InChI=1S/C9H17N/c1-5-6-7-10-9(4)8(2)3/h1,8-10H,6-7H2,2-4H3. The fourth-order valence-electron chi connectivity index (χ4n) is 0.608. The molecular weight excluding hydrogens is 122 g/mol. The molecule has 0 bridgehead atoms. The van der Waals surface area contributed by atoms with Crippen molar-refractivity contribution in [3.05, 3.63) is 0 Å². The monoisotopic (exact) mass is 139 g/mol. The maximum atomic E-state index is 5.10. The fraction of sp³-hybridized carbons (Fsp3) is 0.778. The highest BCUT2D eigenvalue weighted by Gasteiger charge is 2.03. The van der Waals surface area contributed by atoms with Gasteiger partial charge in [-0.2, -0.15) is 0 Å². The molecule has 58 valence electrons. The summed E-state index contributed by atoms with van der Waals surface area (Å²) in [5.74, 6) is 3.29. The molecule has 0 aromatic heterocycles. The van der Waals surface area contributed by atoms with Crippen LogP contribution in [0.1, 0.15) is 27.2 Å². The summed E-state index contributed by atoms with van der Waals surface area (Å²) in [6.07, 6.45) is 5.93. The van der Waals surface area contributed by atoms with Crippen LogP contribution in [0.25, 0.3) is 0 Å². The topological polar surface area (TPSA) is 12.0 Å². The van der Waals surface area contributed by atoms with Gasteiger partial charge in [-0.15, -0.1) is 12.3 Å². The van der Waals surface area contributed by atoms with Crippen LogP contribution < -0.4 is 5.32 Å². The van der Waals surface area contributed by atoms with E-state index in [1.807, 2.05) is 0 Å². The number of rotatable bonds is 4. The first kappa shape index (κ1) is 9.52. The highest BCUT2D eigenvalue weighted by atomic mass is 14.9. The van der Waals surface area contributed by atoms with Gasteiger partial charge in [0.25, 0.3) is 0 Å². The van der Waals surface area contributed by atoms with Crippen molar-refractivity contribution in [1.82, 2.24) is 5.32 Å². The van der Waals surface area contributed by atoms with Gasteiger partial charge < -0.3 is 5.32 Å². The van der Waals surface area contributed by atoms with Crippen LogP contribution in [0.4, 0.5) is 0 Å². The van der Waals surface area contributed by atoms with Crippen molar-refractivity contribution in [2.75, 3.05) is 6.54 Å². The first-order chi connectivity index (χ1) is 4.68. The van der Waals surface area contributed by atoms with Crippen LogP contribution in [-0.2, 0) is 0 Å². The minimum absolute atomic E-state index is 0.577. The van der Waals surface area contributed by atoms with Gasteiger partial charge in [0.05, 0.1) is 0 Å².